The van der Waals surface area contributed by atoms with E-state index in [2.05, 4.69) is 15.9 Å². The average Bonchev–Trinajstić information content (AvgIpc) is 2.74. The molecule has 0 bridgehead atoms. The van der Waals surface area contributed by atoms with Crippen molar-refractivity contribution < 1.29 is 9.84 Å². The van der Waals surface area contributed by atoms with Crippen molar-refractivity contribution in [2.75, 3.05) is 6.61 Å². The zero-order valence-electron chi connectivity index (χ0n) is 10.7. The summed E-state index contributed by atoms with van der Waals surface area (Å²) in [6.07, 6.45) is 3.82. The average molecular weight is 314 g/mol. The highest BCUT2D eigenvalue weighted by molar-refractivity contribution is 9.10. The van der Waals surface area contributed by atoms with Gasteiger partial charge < -0.3 is 15.6 Å². The quantitative estimate of drug-likeness (QED) is 0.897. The van der Waals surface area contributed by atoms with Crippen LogP contribution < -0.4 is 10.5 Å². The molecule has 1 aromatic carbocycles. The molecule has 3 nitrogen and oxygen atoms in total. The lowest BCUT2D eigenvalue weighted by molar-refractivity contribution is 0.00104. The number of hydrogen-bond acceptors (Lipinski definition) is 3. The van der Waals surface area contributed by atoms with Gasteiger partial charge in [0.1, 0.15) is 12.4 Å². The predicted octanol–water partition coefficient (Wildman–Crippen LogP) is 3.15. The molecule has 0 spiro atoms. The predicted molar refractivity (Wildman–Crippen MR) is 75.7 cm³/mol. The van der Waals surface area contributed by atoms with Crippen LogP contribution in [-0.2, 0) is 0 Å². The van der Waals surface area contributed by atoms with Crippen molar-refractivity contribution in [3.63, 3.8) is 0 Å². The molecule has 0 aliphatic heterocycles. The maximum absolute atomic E-state index is 10.3. The van der Waals surface area contributed by atoms with Crippen molar-refractivity contribution in [3.8, 4) is 5.75 Å². The molecule has 1 aliphatic carbocycles. The van der Waals surface area contributed by atoms with Crippen molar-refractivity contribution in [1.82, 2.24) is 0 Å². The van der Waals surface area contributed by atoms with Crippen molar-refractivity contribution >= 4 is 15.9 Å². The molecule has 100 valence electrons. The second kappa shape index (κ2) is 5.59. The van der Waals surface area contributed by atoms with E-state index in [1.165, 1.54) is 0 Å². The van der Waals surface area contributed by atoms with Crippen molar-refractivity contribution in [1.29, 1.82) is 0 Å². The minimum Gasteiger partial charge on any atom is -0.490 e. The topological polar surface area (TPSA) is 55.5 Å². The molecule has 1 atom stereocenters. The fourth-order valence-corrected chi connectivity index (χ4v) is 2.74. The van der Waals surface area contributed by atoms with Crippen molar-refractivity contribution in [3.05, 3.63) is 28.2 Å². The second-order valence-corrected chi connectivity index (χ2v) is 6.11. The highest BCUT2D eigenvalue weighted by Gasteiger charge is 2.32. The summed E-state index contributed by atoms with van der Waals surface area (Å²) in [5.74, 6) is 0.764. The molecule has 1 aromatic rings. The molecule has 4 heteroatoms. The van der Waals surface area contributed by atoms with Crippen LogP contribution in [0.3, 0.4) is 0 Å². The Kier molecular flexibility index (Phi) is 4.30. The van der Waals surface area contributed by atoms with Gasteiger partial charge in [-0.15, -0.1) is 0 Å². The fraction of sp³-hybridized carbons (Fsp3) is 0.571. The van der Waals surface area contributed by atoms with E-state index >= 15 is 0 Å². The van der Waals surface area contributed by atoms with Gasteiger partial charge >= 0.3 is 0 Å². The third-order valence-electron chi connectivity index (χ3n) is 3.50. The van der Waals surface area contributed by atoms with Crippen molar-refractivity contribution in [2.24, 2.45) is 5.73 Å². The zero-order valence-corrected chi connectivity index (χ0v) is 12.2. The fourth-order valence-electron chi connectivity index (χ4n) is 2.40. The van der Waals surface area contributed by atoms with Gasteiger partial charge in [0.2, 0.25) is 0 Å². The van der Waals surface area contributed by atoms with Gasteiger partial charge in [-0.1, -0.05) is 34.8 Å². The van der Waals surface area contributed by atoms with Crippen LogP contribution >= 0.6 is 15.9 Å². The van der Waals surface area contributed by atoms with E-state index in [4.69, 9.17) is 10.5 Å². The Hall–Kier alpha value is -0.580. The Balaban J connectivity index is 2.10. The molecule has 18 heavy (non-hydrogen) atoms. The smallest absolute Gasteiger partial charge is 0.125 e. The van der Waals surface area contributed by atoms with Crippen LogP contribution in [0.1, 0.15) is 44.2 Å². The van der Waals surface area contributed by atoms with Crippen LogP contribution in [-0.4, -0.2) is 17.3 Å². The largest absolute Gasteiger partial charge is 0.490 e. The molecular formula is C14H20BrNO2. The second-order valence-electron chi connectivity index (χ2n) is 5.19. The lowest BCUT2D eigenvalue weighted by Crippen LogP contribution is -2.32. The molecule has 1 fully saturated rings. The van der Waals surface area contributed by atoms with E-state index < -0.39 is 5.60 Å². The van der Waals surface area contributed by atoms with Crippen molar-refractivity contribution in [2.45, 2.75) is 44.2 Å². The Morgan fingerprint density at radius 2 is 2.11 bits per heavy atom. The van der Waals surface area contributed by atoms with Gasteiger partial charge in [0.15, 0.2) is 0 Å². The molecule has 1 aliphatic rings. The number of nitrogens with two attached hydrogens (primary N) is 1. The normalized spacial score (nSPS) is 19.8. The first-order chi connectivity index (χ1) is 8.50. The summed E-state index contributed by atoms with van der Waals surface area (Å²) in [5, 5.41) is 10.3. The van der Waals surface area contributed by atoms with Gasteiger partial charge in [0.25, 0.3) is 0 Å². The van der Waals surface area contributed by atoms with Crippen LogP contribution in [0.25, 0.3) is 0 Å². The molecule has 1 saturated carbocycles. The summed E-state index contributed by atoms with van der Waals surface area (Å²) in [7, 11) is 0. The first-order valence-electron chi connectivity index (χ1n) is 6.40. The summed E-state index contributed by atoms with van der Waals surface area (Å²) in [4.78, 5) is 0. The lowest BCUT2D eigenvalue weighted by Gasteiger charge is -2.24. The van der Waals surface area contributed by atoms with E-state index in [0.29, 0.717) is 6.61 Å². The van der Waals surface area contributed by atoms with Crippen LogP contribution in [0.2, 0.25) is 0 Å². The molecular weight excluding hydrogens is 294 g/mol. The van der Waals surface area contributed by atoms with E-state index in [-0.39, 0.29) is 6.04 Å². The van der Waals surface area contributed by atoms with Crippen LogP contribution in [0.5, 0.6) is 5.75 Å². The molecule has 0 radical (unpaired) electrons. The Morgan fingerprint density at radius 1 is 1.44 bits per heavy atom. The van der Waals surface area contributed by atoms with E-state index in [1.807, 2.05) is 25.1 Å². The third-order valence-corrected chi connectivity index (χ3v) is 3.99. The van der Waals surface area contributed by atoms with Gasteiger partial charge in [-0.25, -0.2) is 0 Å². The summed E-state index contributed by atoms with van der Waals surface area (Å²) >= 11 is 3.43. The molecule has 0 heterocycles. The summed E-state index contributed by atoms with van der Waals surface area (Å²) in [6, 6.07) is 5.75. The number of aliphatic hydroxyl groups is 1. The first kappa shape index (κ1) is 13.8. The number of benzene rings is 1. The van der Waals surface area contributed by atoms with E-state index in [0.717, 1.165) is 41.5 Å². The molecule has 0 saturated heterocycles. The van der Waals surface area contributed by atoms with E-state index in [1.54, 1.807) is 0 Å². The SMILES string of the molecule is C[C@@H](N)c1ccc(Br)cc1OCC1(O)CCCC1. The summed E-state index contributed by atoms with van der Waals surface area (Å²) in [6.45, 7) is 2.28. The van der Waals surface area contributed by atoms with Crippen LogP contribution in [0.4, 0.5) is 0 Å². The summed E-state index contributed by atoms with van der Waals surface area (Å²) < 4.78 is 6.76. The maximum Gasteiger partial charge on any atom is 0.125 e. The summed E-state index contributed by atoms with van der Waals surface area (Å²) in [5.41, 5.74) is 6.24. The molecule has 0 amide bonds. The minimum atomic E-state index is -0.655. The van der Waals surface area contributed by atoms with Gasteiger partial charge in [0, 0.05) is 16.1 Å². The minimum absolute atomic E-state index is 0.0775. The highest BCUT2D eigenvalue weighted by atomic mass is 79.9. The molecule has 3 N–H and O–H groups in total. The number of hydrogen-bond donors (Lipinski definition) is 2. The number of halogens is 1. The van der Waals surface area contributed by atoms with E-state index in [9.17, 15) is 5.11 Å². The highest BCUT2D eigenvalue weighted by Crippen LogP contribution is 2.32. The molecule has 2 rings (SSSR count). The molecule has 0 unspecified atom stereocenters. The number of rotatable bonds is 4. The first-order valence-corrected chi connectivity index (χ1v) is 7.20. The Morgan fingerprint density at radius 3 is 2.72 bits per heavy atom. The van der Waals surface area contributed by atoms with Gasteiger partial charge in [-0.3, -0.25) is 0 Å². The van der Waals surface area contributed by atoms with Crippen LogP contribution in [0, 0.1) is 0 Å². The number of ether oxygens (including phenoxy) is 1. The van der Waals surface area contributed by atoms with Gasteiger partial charge in [-0.2, -0.15) is 0 Å². The molecule has 0 aromatic heterocycles. The Labute approximate surface area is 116 Å². The maximum atomic E-state index is 10.3. The lowest BCUT2D eigenvalue weighted by atomic mass is 10.0. The standard InChI is InChI=1S/C14H20BrNO2/c1-10(16)12-5-4-11(15)8-13(12)18-9-14(17)6-2-3-7-14/h4-5,8,10,17H,2-3,6-7,9,16H2,1H3/t10-/m1/s1. The Bertz CT molecular complexity index is 414. The monoisotopic (exact) mass is 313 g/mol. The van der Waals surface area contributed by atoms with Crippen LogP contribution in [0.15, 0.2) is 22.7 Å². The van der Waals surface area contributed by atoms with Gasteiger partial charge in [0.05, 0.1) is 5.60 Å². The zero-order chi connectivity index (χ0) is 13.2. The van der Waals surface area contributed by atoms with Gasteiger partial charge in [-0.05, 0) is 31.9 Å². The third kappa shape index (κ3) is 3.25.